The van der Waals surface area contributed by atoms with Crippen LogP contribution in [0.1, 0.15) is 56.6 Å². The lowest BCUT2D eigenvalue weighted by molar-refractivity contribution is 0.0993. The molecule has 5 rings (SSSR count). The zero-order valence-corrected chi connectivity index (χ0v) is 20.9. The Kier molecular flexibility index (Phi) is 7.06. The van der Waals surface area contributed by atoms with Gasteiger partial charge in [0, 0.05) is 60.1 Å². The lowest BCUT2D eigenvalue weighted by Gasteiger charge is -2.14. The van der Waals surface area contributed by atoms with Crippen molar-refractivity contribution >= 4 is 5.78 Å². The van der Waals surface area contributed by atoms with Crippen LogP contribution in [-0.2, 0) is 13.0 Å². The van der Waals surface area contributed by atoms with E-state index >= 15 is 0 Å². The third kappa shape index (κ3) is 5.79. The number of aryl methyl sites for hydroxylation is 2. The molecular formula is C31H30N4O. The first kappa shape index (κ1) is 23.7. The number of carbonyl (C=O) groups excluding carboxylic acids is 1. The van der Waals surface area contributed by atoms with Crippen molar-refractivity contribution in [3.8, 4) is 17.5 Å². The minimum atomic E-state index is 0.0782. The minimum absolute atomic E-state index is 0.0782. The van der Waals surface area contributed by atoms with E-state index in [4.69, 9.17) is 0 Å². The summed E-state index contributed by atoms with van der Waals surface area (Å²) in [4.78, 5) is 24.2. The van der Waals surface area contributed by atoms with Gasteiger partial charge in [0.1, 0.15) is 0 Å². The van der Waals surface area contributed by atoms with Crippen LogP contribution in [0.5, 0.6) is 0 Å². The lowest BCUT2D eigenvalue weighted by atomic mass is 9.97. The van der Waals surface area contributed by atoms with Crippen LogP contribution in [0.25, 0.3) is 5.69 Å². The Balaban J connectivity index is 1.33. The summed E-state index contributed by atoms with van der Waals surface area (Å²) in [7, 11) is 0. The predicted molar refractivity (Wildman–Crippen MR) is 142 cm³/mol. The molecule has 0 unspecified atom stereocenters. The Bertz CT molecular complexity index is 1440. The molecule has 0 aliphatic carbocycles. The number of carbonyl (C=O) groups is 1. The number of rotatable bonds is 6. The molecule has 0 radical (unpaired) electrons. The van der Waals surface area contributed by atoms with Gasteiger partial charge in [-0.3, -0.25) is 14.7 Å². The second-order valence-corrected chi connectivity index (χ2v) is 9.59. The summed E-state index contributed by atoms with van der Waals surface area (Å²) in [5, 5.41) is 0. The largest absolute Gasteiger partial charge is 0.306 e. The SMILES string of the molecule is Cc1cc(CC(=O)c2ccc(C)c(C#Cc3cncc(CN4CCCC4)c3)c2)cc(-n2ccnc2)c1. The first-order chi connectivity index (χ1) is 17.5. The number of likely N-dealkylation sites (tertiary alicyclic amines) is 1. The number of ketones is 1. The highest BCUT2D eigenvalue weighted by molar-refractivity contribution is 5.98. The molecule has 0 atom stereocenters. The molecule has 0 N–H and O–H groups in total. The maximum atomic E-state index is 13.2. The fourth-order valence-electron chi connectivity index (χ4n) is 4.70. The minimum Gasteiger partial charge on any atom is -0.306 e. The third-order valence-electron chi connectivity index (χ3n) is 6.59. The summed E-state index contributed by atoms with van der Waals surface area (Å²) >= 11 is 0. The summed E-state index contributed by atoms with van der Waals surface area (Å²) in [6, 6.07) is 14.1. The van der Waals surface area contributed by atoms with Gasteiger partial charge in [-0.05, 0) is 86.3 Å². The van der Waals surface area contributed by atoms with Crippen LogP contribution in [0, 0.1) is 25.7 Å². The van der Waals surface area contributed by atoms with E-state index in [-0.39, 0.29) is 5.78 Å². The topological polar surface area (TPSA) is 51.0 Å². The molecule has 1 aliphatic heterocycles. The molecule has 0 bridgehead atoms. The molecule has 0 amide bonds. The number of hydrogen-bond donors (Lipinski definition) is 0. The molecular weight excluding hydrogens is 444 g/mol. The number of pyridine rings is 1. The Hall–Kier alpha value is -4.01. The summed E-state index contributed by atoms with van der Waals surface area (Å²) in [5.41, 5.74) is 7.79. The highest BCUT2D eigenvalue weighted by atomic mass is 16.1. The Morgan fingerprint density at radius 3 is 2.61 bits per heavy atom. The Morgan fingerprint density at radius 2 is 1.81 bits per heavy atom. The average Bonchev–Trinajstić information content (AvgIpc) is 3.58. The molecule has 5 heteroatoms. The van der Waals surface area contributed by atoms with Gasteiger partial charge >= 0.3 is 0 Å². The van der Waals surface area contributed by atoms with Gasteiger partial charge in [0.2, 0.25) is 0 Å². The number of hydrogen-bond acceptors (Lipinski definition) is 4. The van der Waals surface area contributed by atoms with E-state index < -0.39 is 0 Å². The van der Waals surface area contributed by atoms with Crippen LogP contribution in [0.4, 0.5) is 0 Å². The van der Waals surface area contributed by atoms with E-state index in [0.29, 0.717) is 12.0 Å². The van der Waals surface area contributed by atoms with Crippen molar-refractivity contribution in [3.05, 3.63) is 113 Å². The average molecular weight is 475 g/mol. The molecule has 4 aromatic rings. The van der Waals surface area contributed by atoms with E-state index in [9.17, 15) is 4.79 Å². The summed E-state index contributed by atoms with van der Waals surface area (Å²) in [6.45, 7) is 7.31. The van der Waals surface area contributed by atoms with Crippen LogP contribution >= 0.6 is 0 Å². The first-order valence-corrected chi connectivity index (χ1v) is 12.4. The molecule has 1 saturated heterocycles. The normalized spacial score (nSPS) is 13.4. The number of benzene rings is 2. The van der Waals surface area contributed by atoms with Gasteiger partial charge in [0.25, 0.3) is 0 Å². The van der Waals surface area contributed by atoms with Gasteiger partial charge in [-0.25, -0.2) is 4.98 Å². The molecule has 1 fully saturated rings. The fourth-order valence-corrected chi connectivity index (χ4v) is 4.70. The third-order valence-corrected chi connectivity index (χ3v) is 6.59. The highest BCUT2D eigenvalue weighted by Gasteiger charge is 2.12. The lowest BCUT2D eigenvalue weighted by Crippen LogP contribution is -2.18. The van der Waals surface area contributed by atoms with Crippen molar-refractivity contribution in [3.63, 3.8) is 0 Å². The van der Waals surface area contributed by atoms with Gasteiger partial charge in [0.15, 0.2) is 5.78 Å². The van der Waals surface area contributed by atoms with Crippen LogP contribution in [0.3, 0.4) is 0 Å². The van der Waals surface area contributed by atoms with E-state index in [1.807, 2.05) is 55.1 Å². The van der Waals surface area contributed by atoms with Crippen LogP contribution in [0.15, 0.2) is 73.6 Å². The van der Waals surface area contributed by atoms with E-state index in [2.05, 4.69) is 44.9 Å². The molecule has 2 aromatic heterocycles. The van der Waals surface area contributed by atoms with Gasteiger partial charge in [-0.1, -0.05) is 30.0 Å². The molecule has 0 saturated carbocycles. The fraction of sp³-hybridized carbons (Fsp3) is 0.258. The van der Waals surface area contributed by atoms with Gasteiger partial charge in [-0.15, -0.1) is 0 Å². The van der Waals surface area contributed by atoms with E-state index in [0.717, 1.165) is 53.1 Å². The van der Waals surface area contributed by atoms with Gasteiger partial charge in [0.05, 0.1) is 6.33 Å². The smallest absolute Gasteiger partial charge is 0.167 e. The molecule has 3 heterocycles. The molecule has 2 aromatic carbocycles. The molecule has 0 spiro atoms. The highest BCUT2D eigenvalue weighted by Crippen LogP contribution is 2.18. The van der Waals surface area contributed by atoms with Crippen molar-refractivity contribution in [2.45, 2.75) is 39.7 Å². The first-order valence-electron chi connectivity index (χ1n) is 12.4. The Morgan fingerprint density at radius 1 is 0.944 bits per heavy atom. The molecule has 5 nitrogen and oxygen atoms in total. The van der Waals surface area contributed by atoms with Gasteiger partial charge in [-0.2, -0.15) is 0 Å². The number of aromatic nitrogens is 3. The zero-order valence-electron chi connectivity index (χ0n) is 20.9. The maximum absolute atomic E-state index is 13.2. The van der Waals surface area contributed by atoms with Crippen LogP contribution in [0.2, 0.25) is 0 Å². The maximum Gasteiger partial charge on any atom is 0.167 e. The summed E-state index contributed by atoms with van der Waals surface area (Å²) in [6.07, 6.45) is 12.0. The second-order valence-electron chi connectivity index (χ2n) is 9.59. The second kappa shape index (κ2) is 10.7. The number of Topliss-reactive ketones (excluding diaryl/α,β-unsaturated/α-hetero) is 1. The van der Waals surface area contributed by atoms with E-state index in [1.54, 1.807) is 18.7 Å². The molecule has 1 aliphatic rings. The molecule has 36 heavy (non-hydrogen) atoms. The van der Waals surface area contributed by atoms with Gasteiger partial charge < -0.3 is 4.57 Å². The van der Waals surface area contributed by atoms with Crippen LogP contribution < -0.4 is 0 Å². The quantitative estimate of drug-likeness (QED) is 0.281. The Labute approximate surface area is 212 Å². The summed E-state index contributed by atoms with van der Waals surface area (Å²) < 4.78 is 1.95. The standard InChI is InChI=1S/C31H30N4O/c1-23-13-26(16-30(14-23)35-12-9-32-22-35)17-31(36)29-7-5-24(2)28(18-29)8-6-25-15-27(20-33-19-25)21-34-10-3-4-11-34/h5,7,9,12-16,18-20,22H,3-4,10-11,17,21H2,1-2H3. The monoisotopic (exact) mass is 474 g/mol. The van der Waals surface area contributed by atoms with Crippen molar-refractivity contribution in [2.24, 2.45) is 0 Å². The van der Waals surface area contributed by atoms with Crippen molar-refractivity contribution in [2.75, 3.05) is 13.1 Å². The molecule has 180 valence electrons. The van der Waals surface area contributed by atoms with Crippen molar-refractivity contribution < 1.29 is 4.79 Å². The summed E-state index contributed by atoms with van der Waals surface area (Å²) in [5.74, 6) is 6.62. The van der Waals surface area contributed by atoms with Crippen LogP contribution in [-0.4, -0.2) is 38.3 Å². The van der Waals surface area contributed by atoms with Crippen molar-refractivity contribution in [1.29, 1.82) is 0 Å². The number of imidazole rings is 1. The zero-order chi connectivity index (χ0) is 24.9. The predicted octanol–water partition coefficient (Wildman–Crippen LogP) is 5.31. The van der Waals surface area contributed by atoms with Crippen molar-refractivity contribution in [1.82, 2.24) is 19.4 Å². The van der Waals surface area contributed by atoms with E-state index in [1.165, 1.54) is 18.4 Å². The number of nitrogens with zero attached hydrogens (tertiary/aromatic N) is 4.